The maximum atomic E-state index is 13.2. The molecule has 1 aromatic rings. The molecule has 0 saturated carbocycles. The standard InChI is InChI=1S/C20H25ClN2O5/c1-4-28-19(25)17-16(13-7-5-6-8-14(13)21)15(18(24)26-3)12(2)23-20(17)11-27-10-9-22-20/h5-8,16-17,22-23H,4,9-11H2,1-3H3. The lowest BCUT2D eigenvalue weighted by atomic mass is 9.70. The summed E-state index contributed by atoms with van der Waals surface area (Å²) in [6.07, 6.45) is 0. The molecule has 0 amide bonds. The van der Waals surface area contributed by atoms with Gasteiger partial charge in [0.05, 0.1) is 32.5 Å². The van der Waals surface area contributed by atoms with Gasteiger partial charge in [0.25, 0.3) is 0 Å². The monoisotopic (exact) mass is 408 g/mol. The first-order valence-electron chi connectivity index (χ1n) is 9.26. The first-order valence-corrected chi connectivity index (χ1v) is 9.64. The lowest BCUT2D eigenvalue weighted by Gasteiger charge is -2.50. The number of allylic oxidation sites excluding steroid dienone is 1. The number of carbonyl (C=O) groups is 2. The average molecular weight is 409 g/mol. The van der Waals surface area contributed by atoms with E-state index in [1.165, 1.54) is 7.11 Å². The summed E-state index contributed by atoms with van der Waals surface area (Å²) in [5.74, 6) is -2.40. The van der Waals surface area contributed by atoms with Gasteiger partial charge in [-0.2, -0.15) is 0 Å². The van der Waals surface area contributed by atoms with Crippen molar-refractivity contribution in [1.29, 1.82) is 0 Å². The zero-order valence-electron chi connectivity index (χ0n) is 16.2. The van der Waals surface area contributed by atoms with Crippen molar-refractivity contribution in [2.75, 3.05) is 33.5 Å². The van der Waals surface area contributed by atoms with E-state index >= 15 is 0 Å². The molecule has 1 saturated heterocycles. The van der Waals surface area contributed by atoms with Crippen LogP contribution in [0.4, 0.5) is 0 Å². The fraction of sp³-hybridized carbons (Fsp3) is 0.500. The SMILES string of the molecule is CCOC(=O)C1C(c2ccccc2Cl)C(C(=O)OC)=C(C)NC12COCCN2. The quantitative estimate of drug-likeness (QED) is 0.736. The zero-order valence-corrected chi connectivity index (χ0v) is 17.0. The van der Waals surface area contributed by atoms with E-state index in [4.69, 9.17) is 25.8 Å². The highest BCUT2D eigenvalue weighted by Crippen LogP contribution is 2.46. The number of rotatable bonds is 4. The molecule has 1 aromatic carbocycles. The van der Waals surface area contributed by atoms with E-state index in [0.717, 1.165) is 0 Å². The topological polar surface area (TPSA) is 85.9 Å². The normalized spacial score (nSPS) is 27.3. The maximum Gasteiger partial charge on any atom is 0.336 e. The van der Waals surface area contributed by atoms with Gasteiger partial charge in [0.15, 0.2) is 0 Å². The maximum absolute atomic E-state index is 13.2. The minimum Gasteiger partial charge on any atom is -0.466 e. The van der Waals surface area contributed by atoms with E-state index in [1.54, 1.807) is 26.0 Å². The molecule has 2 aliphatic rings. The smallest absolute Gasteiger partial charge is 0.336 e. The van der Waals surface area contributed by atoms with Crippen LogP contribution in [0.5, 0.6) is 0 Å². The molecule has 2 N–H and O–H groups in total. The predicted molar refractivity (Wildman–Crippen MR) is 104 cm³/mol. The highest BCUT2D eigenvalue weighted by atomic mass is 35.5. The van der Waals surface area contributed by atoms with E-state index < -0.39 is 29.4 Å². The number of esters is 2. The van der Waals surface area contributed by atoms with Crippen molar-refractivity contribution in [1.82, 2.24) is 10.6 Å². The number of benzene rings is 1. The molecule has 0 aliphatic carbocycles. The summed E-state index contributed by atoms with van der Waals surface area (Å²) >= 11 is 6.49. The number of nitrogens with one attached hydrogen (secondary N) is 2. The van der Waals surface area contributed by atoms with Gasteiger partial charge in [-0.1, -0.05) is 29.8 Å². The van der Waals surface area contributed by atoms with E-state index in [2.05, 4.69) is 10.6 Å². The summed E-state index contributed by atoms with van der Waals surface area (Å²) in [5, 5.41) is 7.15. The molecular formula is C20H25ClN2O5. The molecule has 152 valence electrons. The molecule has 3 atom stereocenters. The number of hydrogen-bond acceptors (Lipinski definition) is 7. The first-order chi connectivity index (χ1) is 13.4. The second-order valence-electron chi connectivity index (χ2n) is 6.83. The molecule has 1 spiro atoms. The van der Waals surface area contributed by atoms with Crippen LogP contribution < -0.4 is 10.6 Å². The van der Waals surface area contributed by atoms with Crippen LogP contribution in [0.2, 0.25) is 5.02 Å². The van der Waals surface area contributed by atoms with Gasteiger partial charge in [0.1, 0.15) is 11.6 Å². The molecule has 7 nitrogen and oxygen atoms in total. The van der Waals surface area contributed by atoms with Crippen molar-refractivity contribution in [3.63, 3.8) is 0 Å². The number of ether oxygens (including phenoxy) is 3. The minimum atomic E-state index is -0.921. The van der Waals surface area contributed by atoms with E-state index in [0.29, 0.717) is 35.0 Å². The van der Waals surface area contributed by atoms with Gasteiger partial charge in [-0.05, 0) is 25.5 Å². The molecule has 1 fully saturated rings. The molecule has 3 unspecified atom stereocenters. The molecule has 0 radical (unpaired) electrons. The summed E-state index contributed by atoms with van der Waals surface area (Å²) in [6, 6.07) is 7.19. The van der Waals surface area contributed by atoms with Gasteiger partial charge < -0.3 is 19.5 Å². The van der Waals surface area contributed by atoms with E-state index in [9.17, 15) is 9.59 Å². The molecule has 0 aromatic heterocycles. The number of methoxy groups -OCH3 is 1. The number of halogens is 1. The van der Waals surface area contributed by atoms with Crippen molar-refractivity contribution < 1.29 is 23.8 Å². The second kappa shape index (κ2) is 8.51. The highest BCUT2D eigenvalue weighted by molar-refractivity contribution is 6.31. The van der Waals surface area contributed by atoms with Crippen LogP contribution in [0, 0.1) is 5.92 Å². The highest BCUT2D eigenvalue weighted by Gasteiger charge is 2.55. The van der Waals surface area contributed by atoms with Crippen LogP contribution in [0.3, 0.4) is 0 Å². The fourth-order valence-corrected chi connectivity index (χ4v) is 4.35. The Labute approximate surface area is 169 Å². The van der Waals surface area contributed by atoms with Crippen molar-refractivity contribution >= 4 is 23.5 Å². The average Bonchev–Trinajstić information content (AvgIpc) is 2.68. The Bertz CT molecular complexity index is 789. The molecule has 28 heavy (non-hydrogen) atoms. The Balaban J connectivity index is 2.24. The zero-order chi connectivity index (χ0) is 20.3. The number of carbonyl (C=O) groups excluding carboxylic acids is 2. The van der Waals surface area contributed by atoms with Crippen LogP contribution >= 0.6 is 11.6 Å². The Morgan fingerprint density at radius 2 is 2.11 bits per heavy atom. The van der Waals surface area contributed by atoms with Gasteiger partial charge in [0, 0.05) is 23.2 Å². The Hall–Kier alpha value is -2.09. The summed E-state index contributed by atoms with van der Waals surface area (Å²) in [7, 11) is 1.32. The third-order valence-corrected chi connectivity index (χ3v) is 5.54. The Morgan fingerprint density at radius 1 is 1.36 bits per heavy atom. The van der Waals surface area contributed by atoms with Crippen LogP contribution in [-0.2, 0) is 23.8 Å². The fourth-order valence-electron chi connectivity index (χ4n) is 4.10. The molecule has 0 bridgehead atoms. The summed E-state index contributed by atoms with van der Waals surface area (Å²) < 4.78 is 16.1. The number of morpholine rings is 1. The lowest BCUT2D eigenvalue weighted by molar-refractivity contribution is -0.157. The third kappa shape index (κ3) is 3.62. The van der Waals surface area contributed by atoms with Gasteiger partial charge in [-0.3, -0.25) is 10.1 Å². The van der Waals surface area contributed by atoms with E-state index in [1.807, 2.05) is 12.1 Å². The molecule has 8 heteroatoms. The summed E-state index contributed by atoms with van der Waals surface area (Å²) in [6.45, 7) is 5.08. The predicted octanol–water partition coefficient (Wildman–Crippen LogP) is 1.97. The van der Waals surface area contributed by atoms with Crippen LogP contribution in [0.15, 0.2) is 35.5 Å². The summed E-state index contributed by atoms with van der Waals surface area (Å²) in [5.41, 5.74) is 0.702. The van der Waals surface area contributed by atoms with Gasteiger partial charge in [0.2, 0.25) is 0 Å². The summed E-state index contributed by atoms with van der Waals surface area (Å²) in [4.78, 5) is 25.9. The van der Waals surface area contributed by atoms with Crippen molar-refractivity contribution in [3.8, 4) is 0 Å². The Morgan fingerprint density at radius 3 is 2.71 bits per heavy atom. The van der Waals surface area contributed by atoms with Crippen LogP contribution in [0.1, 0.15) is 25.3 Å². The molecular weight excluding hydrogens is 384 g/mol. The second-order valence-corrected chi connectivity index (χ2v) is 7.24. The van der Waals surface area contributed by atoms with Gasteiger partial charge in [-0.15, -0.1) is 0 Å². The van der Waals surface area contributed by atoms with Crippen molar-refractivity contribution in [2.24, 2.45) is 5.92 Å². The van der Waals surface area contributed by atoms with Crippen molar-refractivity contribution in [3.05, 3.63) is 46.1 Å². The van der Waals surface area contributed by atoms with Crippen LogP contribution in [0.25, 0.3) is 0 Å². The Kier molecular flexibility index (Phi) is 6.27. The van der Waals surface area contributed by atoms with Gasteiger partial charge in [-0.25, -0.2) is 4.79 Å². The van der Waals surface area contributed by atoms with E-state index in [-0.39, 0.29) is 13.2 Å². The molecule has 2 heterocycles. The third-order valence-electron chi connectivity index (χ3n) is 5.19. The largest absolute Gasteiger partial charge is 0.466 e. The van der Waals surface area contributed by atoms with Gasteiger partial charge >= 0.3 is 11.9 Å². The van der Waals surface area contributed by atoms with Crippen LogP contribution in [-0.4, -0.2) is 51.1 Å². The van der Waals surface area contributed by atoms with Crippen molar-refractivity contribution in [2.45, 2.75) is 25.4 Å². The number of hydrogen-bond donors (Lipinski definition) is 2. The first kappa shape index (κ1) is 20.6. The molecule has 2 aliphatic heterocycles. The minimum absolute atomic E-state index is 0.220. The lowest BCUT2D eigenvalue weighted by Crippen LogP contribution is -2.71. The molecule has 3 rings (SSSR count).